The molecule has 0 spiro atoms. The molecule has 1 aromatic rings. The van der Waals surface area contributed by atoms with E-state index in [1.165, 1.54) is 0 Å². The monoisotopic (exact) mass is 236 g/mol. The van der Waals surface area contributed by atoms with E-state index in [4.69, 9.17) is 28.9 Å². The lowest BCUT2D eigenvalue weighted by Crippen LogP contribution is -2.12. The lowest BCUT2D eigenvalue weighted by molar-refractivity contribution is 0.475. The Kier molecular flexibility index (Phi) is 3.55. The molecule has 0 aliphatic rings. The van der Waals surface area contributed by atoms with E-state index < -0.39 is 5.82 Å². The third kappa shape index (κ3) is 2.49. The molecule has 0 amide bonds. The Morgan fingerprint density at radius 3 is 2.79 bits per heavy atom. The number of aliphatic imine (C=N–C) groups is 1. The molecule has 76 valence electrons. The molecule has 0 radical (unpaired) electrons. The highest BCUT2D eigenvalue weighted by Crippen LogP contribution is 2.31. The van der Waals surface area contributed by atoms with Gasteiger partial charge in [0.05, 0.1) is 10.9 Å². The minimum Gasteiger partial charge on any atom is -0.506 e. The van der Waals surface area contributed by atoms with Crippen LogP contribution in [0.25, 0.3) is 0 Å². The molecule has 0 aliphatic carbocycles. The average Bonchev–Trinajstić information content (AvgIpc) is 2.14. The summed E-state index contributed by atoms with van der Waals surface area (Å²) in [5, 5.41) is 9.13. The zero-order valence-corrected chi connectivity index (χ0v) is 8.48. The van der Waals surface area contributed by atoms with Gasteiger partial charge < -0.3 is 10.8 Å². The predicted octanol–water partition coefficient (Wildman–Crippen LogP) is 2.41. The van der Waals surface area contributed by atoms with Crippen molar-refractivity contribution in [1.82, 2.24) is 0 Å². The molecule has 0 aliphatic heterocycles. The molecule has 0 fully saturated rings. The number of nitrogens with zero attached hydrogens (tertiary/aromatic N) is 1. The highest BCUT2D eigenvalue weighted by Gasteiger charge is 2.07. The van der Waals surface area contributed by atoms with E-state index in [-0.39, 0.29) is 28.2 Å². The van der Waals surface area contributed by atoms with Crippen LogP contribution in [0, 0.1) is 5.82 Å². The van der Waals surface area contributed by atoms with E-state index in [0.717, 1.165) is 12.1 Å². The number of aromatic hydroxyl groups is 1. The summed E-state index contributed by atoms with van der Waals surface area (Å²) >= 11 is 10.8. The van der Waals surface area contributed by atoms with Crippen molar-refractivity contribution in [3.05, 3.63) is 23.0 Å². The Bertz CT molecular complexity index is 382. The van der Waals surface area contributed by atoms with E-state index in [1.54, 1.807) is 0 Å². The molecule has 1 rings (SSSR count). The number of amidine groups is 1. The molecule has 3 N–H and O–H groups in total. The Balaban J connectivity index is 3.16. The molecule has 3 nitrogen and oxygen atoms in total. The van der Waals surface area contributed by atoms with Crippen molar-refractivity contribution in [1.29, 1.82) is 0 Å². The summed E-state index contributed by atoms with van der Waals surface area (Å²) in [5.74, 6) is -0.831. The first-order valence-electron chi connectivity index (χ1n) is 3.61. The number of halogens is 3. The van der Waals surface area contributed by atoms with Gasteiger partial charge in [-0.1, -0.05) is 11.6 Å². The zero-order valence-electron chi connectivity index (χ0n) is 6.97. The smallest absolute Gasteiger partial charge is 0.144 e. The van der Waals surface area contributed by atoms with E-state index in [1.807, 2.05) is 0 Å². The molecular weight excluding hydrogens is 230 g/mol. The first-order chi connectivity index (χ1) is 6.54. The number of rotatable bonds is 2. The van der Waals surface area contributed by atoms with Crippen molar-refractivity contribution >= 4 is 34.7 Å². The van der Waals surface area contributed by atoms with Crippen molar-refractivity contribution in [3.63, 3.8) is 0 Å². The number of phenolic OH excluding ortho intramolecular Hbond substituents is 1. The fraction of sp³-hybridized carbons (Fsp3) is 0.125. The van der Waals surface area contributed by atoms with Gasteiger partial charge in [-0.25, -0.2) is 9.38 Å². The normalized spacial score (nSPS) is 11.8. The van der Waals surface area contributed by atoms with Crippen molar-refractivity contribution in [2.75, 3.05) is 5.88 Å². The molecule has 0 unspecified atom stereocenters. The number of hydrogen-bond donors (Lipinski definition) is 2. The Morgan fingerprint density at radius 2 is 2.21 bits per heavy atom. The topological polar surface area (TPSA) is 58.6 Å². The van der Waals surface area contributed by atoms with Crippen LogP contribution < -0.4 is 5.73 Å². The van der Waals surface area contributed by atoms with Gasteiger partial charge in [-0.05, 0) is 0 Å². The summed E-state index contributed by atoms with van der Waals surface area (Å²) in [6, 6.07) is 2.04. The number of hydrogen-bond acceptors (Lipinski definition) is 2. The fourth-order valence-electron chi connectivity index (χ4n) is 0.800. The van der Waals surface area contributed by atoms with Gasteiger partial charge in [0.2, 0.25) is 0 Å². The Hall–Kier alpha value is -1.00. The van der Waals surface area contributed by atoms with Crippen molar-refractivity contribution in [2.45, 2.75) is 0 Å². The first-order valence-corrected chi connectivity index (χ1v) is 4.53. The third-order valence-corrected chi connectivity index (χ3v) is 1.98. The molecule has 0 aromatic heterocycles. The maximum atomic E-state index is 12.9. The number of benzene rings is 1. The summed E-state index contributed by atoms with van der Waals surface area (Å²) < 4.78 is 12.9. The molecule has 0 saturated carbocycles. The summed E-state index contributed by atoms with van der Waals surface area (Å²) in [6.07, 6.45) is 0. The van der Waals surface area contributed by atoms with Crippen molar-refractivity contribution in [3.8, 4) is 5.75 Å². The molecule has 0 bridgehead atoms. The van der Waals surface area contributed by atoms with Crippen LogP contribution in [0.1, 0.15) is 0 Å². The van der Waals surface area contributed by atoms with E-state index in [0.29, 0.717) is 0 Å². The Morgan fingerprint density at radius 1 is 1.57 bits per heavy atom. The highest BCUT2D eigenvalue weighted by molar-refractivity contribution is 6.31. The van der Waals surface area contributed by atoms with Crippen LogP contribution >= 0.6 is 23.2 Å². The largest absolute Gasteiger partial charge is 0.506 e. The number of nitrogens with two attached hydrogens (primary N) is 1. The van der Waals surface area contributed by atoms with Crippen molar-refractivity contribution in [2.24, 2.45) is 10.7 Å². The minimum atomic E-state index is -0.675. The zero-order chi connectivity index (χ0) is 10.7. The fourth-order valence-corrected chi connectivity index (χ4v) is 1.02. The van der Waals surface area contributed by atoms with Gasteiger partial charge in [0, 0.05) is 12.1 Å². The van der Waals surface area contributed by atoms with Crippen LogP contribution in [0.15, 0.2) is 17.1 Å². The summed E-state index contributed by atoms with van der Waals surface area (Å²) in [5.41, 5.74) is 5.32. The summed E-state index contributed by atoms with van der Waals surface area (Å²) in [6.45, 7) is 0. The molecule has 14 heavy (non-hydrogen) atoms. The van der Waals surface area contributed by atoms with Gasteiger partial charge >= 0.3 is 0 Å². The van der Waals surface area contributed by atoms with Gasteiger partial charge in [-0.2, -0.15) is 0 Å². The van der Waals surface area contributed by atoms with Crippen LogP contribution in [0.4, 0.5) is 10.1 Å². The number of phenols is 1. The van der Waals surface area contributed by atoms with Crippen LogP contribution in [-0.2, 0) is 0 Å². The van der Waals surface area contributed by atoms with Gasteiger partial charge in [0.15, 0.2) is 0 Å². The minimum absolute atomic E-state index is 0.00366. The third-order valence-electron chi connectivity index (χ3n) is 1.42. The second kappa shape index (κ2) is 4.48. The first kappa shape index (κ1) is 11.1. The van der Waals surface area contributed by atoms with Crippen molar-refractivity contribution < 1.29 is 9.50 Å². The van der Waals surface area contributed by atoms with Gasteiger partial charge in [-0.15, -0.1) is 11.6 Å². The molecule has 1 aromatic carbocycles. The summed E-state index contributed by atoms with van der Waals surface area (Å²) in [7, 11) is 0. The molecule has 0 heterocycles. The lowest BCUT2D eigenvalue weighted by atomic mass is 10.3. The maximum Gasteiger partial charge on any atom is 0.144 e. The Labute approximate surface area is 90.0 Å². The second-order valence-corrected chi connectivity index (χ2v) is 3.17. The average molecular weight is 237 g/mol. The van der Waals surface area contributed by atoms with Gasteiger partial charge in [-0.3, -0.25) is 0 Å². The van der Waals surface area contributed by atoms with E-state index in [9.17, 15) is 9.50 Å². The quantitative estimate of drug-likeness (QED) is 0.471. The number of alkyl halides is 1. The standard InChI is InChI=1S/C8H7Cl2FN2O/c9-3-8(12)13-6-2-5(11)4(10)1-7(6)14/h1-2,14H,3H2,(H2,12,13). The molecule has 6 heteroatoms. The van der Waals surface area contributed by atoms with Crippen LogP contribution in [0.5, 0.6) is 5.75 Å². The van der Waals surface area contributed by atoms with Gasteiger partial charge in [0.25, 0.3) is 0 Å². The SMILES string of the molecule is NC(CCl)=Nc1cc(F)c(Cl)cc1O. The molecule has 0 atom stereocenters. The van der Waals surface area contributed by atoms with E-state index in [2.05, 4.69) is 4.99 Å². The van der Waals surface area contributed by atoms with Gasteiger partial charge in [0.1, 0.15) is 23.1 Å². The second-order valence-electron chi connectivity index (χ2n) is 2.49. The molecular formula is C8H7Cl2FN2O. The van der Waals surface area contributed by atoms with Crippen LogP contribution in [0.3, 0.4) is 0 Å². The van der Waals surface area contributed by atoms with E-state index >= 15 is 0 Å². The predicted molar refractivity (Wildman–Crippen MR) is 55.1 cm³/mol. The van der Waals surface area contributed by atoms with Crippen LogP contribution in [0.2, 0.25) is 5.02 Å². The van der Waals surface area contributed by atoms with Crippen LogP contribution in [-0.4, -0.2) is 16.8 Å². The maximum absolute atomic E-state index is 12.9. The highest BCUT2D eigenvalue weighted by atomic mass is 35.5. The summed E-state index contributed by atoms with van der Waals surface area (Å²) in [4.78, 5) is 3.69. The lowest BCUT2D eigenvalue weighted by Gasteiger charge is -2.01. The molecule has 0 saturated heterocycles.